The lowest BCUT2D eigenvalue weighted by Gasteiger charge is -2.34. The normalized spacial score (nSPS) is 19.9. The van der Waals surface area contributed by atoms with Crippen molar-refractivity contribution in [3.05, 3.63) is 0 Å². The SMILES string of the molecule is CC(C)C(=O)NC[C@H]1CCCN(C(=O)OC(C)(C)C)C1. The first-order valence-corrected chi connectivity index (χ1v) is 7.44. The Hall–Kier alpha value is -1.26. The van der Waals surface area contributed by atoms with Crippen LogP contribution >= 0.6 is 0 Å². The van der Waals surface area contributed by atoms with E-state index in [2.05, 4.69) is 5.32 Å². The molecule has 1 heterocycles. The second-order valence-electron chi connectivity index (χ2n) is 6.83. The van der Waals surface area contributed by atoms with Gasteiger partial charge in [-0.1, -0.05) is 13.8 Å². The lowest BCUT2D eigenvalue weighted by Crippen LogP contribution is -2.45. The van der Waals surface area contributed by atoms with Crippen LogP contribution < -0.4 is 5.32 Å². The van der Waals surface area contributed by atoms with Crippen molar-refractivity contribution in [2.24, 2.45) is 11.8 Å². The van der Waals surface area contributed by atoms with Gasteiger partial charge in [-0.15, -0.1) is 0 Å². The zero-order valence-corrected chi connectivity index (χ0v) is 13.4. The molecule has 1 aliphatic heterocycles. The first-order chi connectivity index (χ1) is 9.19. The molecule has 0 aromatic carbocycles. The Morgan fingerprint density at radius 2 is 2.00 bits per heavy atom. The molecule has 116 valence electrons. The van der Waals surface area contributed by atoms with E-state index in [1.807, 2.05) is 34.6 Å². The Labute approximate surface area is 122 Å². The number of hydrogen-bond donors (Lipinski definition) is 1. The summed E-state index contributed by atoms with van der Waals surface area (Å²) >= 11 is 0. The van der Waals surface area contributed by atoms with Crippen LogP contribution in [0.5, 0.6) is 0 Å². The average molecular weight is 284 g/mol. The quantitative estimate of drug-likeness (QED) is 0.865. The van der Waals surface area contributed by atoms with Crippen molar-refractivity contribution in [3.8, 4) is 0 Å². The van der Waals surface area contributed by atoms with Crippen LogP contribution in [-0.4, -0.2) is 42.1 Å². The smallest absolute Gasteiger partial charge is 0.410 e. The van der Waals surface area contributed by atoms with Crippen LogP contribution in [0.2, 0.25) is 0 Å². The molecule has 0 aliphatic carbocycles. The van der Waals surface area contributed by atoms with Crippen LogP contribution in [0, 0.1) is 11.8 Å². The molecule has 1 fully saturated rings. The Morgan fingerprint density at radius 1 is 1.35 bits per heavy atom. The first-order valence-electron chi connectivity index (χ1n) is 7.44. The summed E-state index contributed by atoms with van der Waals surface area (Å²) in [6, 6.07) is 0. The molecule has 5 nitrogen and oxygen atoms in total. The van der Waals surface area contributed by atoms with Crippen LogP contribution in [0.4, 0.5) is 4.79 Å². The largest absolute Gasteiger partial charge is 0.444 e. The van der Waals surface area contributed by atoms with Crippen LogP contribution in [0.3, 0.4) is 0 Å². The third kappa shape index (κ3) is 5.80. The number of likely N-dealkylation sites (tertiary alicyclic amines) is 1. The van der Waals surface area contributed by atoms with Gasteiger partial charge in [0.1, 0.15) is 5.60 Å². The van der Waals surface area contributed by atoms with E-state index >= 15 is 0 Å². The highest BCUT2D eigenvalue weighted by atomic mass is 16.6. The van der Waals surface area contributed by atoms with Gasteiger partial charge in [0, 0.05) is 25.6 Å². The Kier molecular flexibility index (Phi) is 5.84. The number of amides is 2. The summed E-state index contributed by atoms with van der Waals surface area (Å²) < 4.78 is 5.39. The predicted molar refractivity (Wildman–Crippen MR) is 78.4 cm³/mol. The second kappa shape index (κ2) is 6.95. The third-order valence-corrected chi connectivity index (χ3v) is 3.26. The summed E-state index contributed by atoms with van der Waals surface area (Å²) in [5, 5.41) is 2.94. The summed E-state index contributed by atoms with van der Waals surface area (Å²) in [5.74, 6) is 0.388. The van der Waals surface area contributed by atoms with Gasteiger partial charge in [-0.05, 0) is 39.5 Å². The number of nitrogens with one attached hydrogen (secondary N) is 1. The van der Waals surface area contributed by atoms with Crippen molar-refractivity contribution in [1.29, 1.82) is 0 Å². The van der Waals surface area contributed by atoms with Crippen molar-refractivity contribution in [3.63, 3.8) is 0 Å². The molecule has 0 unspecified atom stereocenters. The van der Waals surface area contributed by atoms with Crippen molar-refractivity contribution < 1.29 is 14.3 Å². The monoisotopic (exact) mass is 284 g/mol. The zero-order chi connectivity index (χ0) is 15.3. The molecule has 1 saturated heterocycles. The summed E-state index contributed by atoms with van der Waals surface area (Å²) in [6.07, 6.45) is 1.75. The molecule has 0 radical (unpaired) electrons. The summed E-state index contributed by atoms with van der Waals surface area (Å²) in [7, 11) is 0. The van der Waals surface area contributed by atoms with Gasteiger partial charge >= 0.3 is 6.09 Å². The molecule has 0 bridgehead atoms. The molecule has 5 heteroatoms. The third-order valence-electron chi connectivity index (χ3n) is 3.26. The van der Waals surface area contributed by atoms with Gasteiger partial charge < -0.3 is 15.0 Å². The minimum absolute atomic E-state index is 0.000509. The Bertz CT molecular complexity index is 348. The highest BCUT2D eigenvalue weighted by Gasteiger charge is 2.27. The Morgan fingerprint density at radius 3 is 2.55 bits per heavy atom. The first kappa shape index (κ1) is 16.8. The highest BCUT2D eigenvalue weighted by molar-refractivity contribution is 5.77. The summed E-state index contributed by atoms with van der Waals surface area (Å²) in [5.41, 5.74) is -0.462. The van der Waals surface area contributed by atoms with Crippen molar-refractivity contribution in [2.75, 3.05) is 19.6 Å². The minimum Gasteiger partial charge on any atom is -0.444 e. The molecule has 0 spiro atoms. The van der Waals surface area contributed by atoms with Crippen LogP contribution in [0.15, 0.2) is 0 Å². The molecule has 1 rings (SSSR count). The van der Waals surface area contributed by atoms with E-state index < -0.39 is 5.60 Å². The number of piperidine rings is 1. The lowest BCUT2D eigenvalue weighted by molar-refractivity contribution is -0.124. The van der Waals surface area contributed by atoms with Crippen molar-refractivity contribution in [2.45, 2.75) is 53.1 Å². The molecule has 0 saturated carbocycles. The predicted octanol–water partition coefficient (Wildman–Crippen LogP) is 2.41. The maximum atomic E-state index is 12.0. The standard InChI is InChI=1S/C15H28N2O3/c1-11(2)13(18)16-9-12-7-6-8-17(10-12)14(19)20-15(3,4)5/h11-12H,6-10H2,1-5H3,(H,16,18)/t12-/m1/s1. The minimum atomic E-state index is -0.462. The second-order valence-corrected chi connectivity index (χ2v) is 6.83. The van der Waals surface area contributed by atoms with Gasteiger partial charge in [-0.2, -0.15) is 0 Å². The number of nitrogens with zero attached hydrogens (tertiary/aromatic N) is 1. The maximum Gasteiger partial charge on any atom is 0.410 e. The Balaban J connectivity index is 2.42. The fraction of sp³-hybridized carbons (Fsp3) is 0.867. The zero-order valence-electron chi connectivity index (χ0n) is 13.4. The van der Waals surface area contributed by atoms with E-state index in [9.17, 15) is 9.59 Å². The fourth-order valence-corrected chi connectivity index (χ4v) is 2.17. The van der Waals surface area contributed by atoms with E-state index in [-0.39, 0.29) is 17.9 Å². The molecule has 0 aromatic rings. The van der Waals surface area contributed by atoms with Gasteiger partial charge in [0.25, 0.3) is 0 Å². The number of carbonyl (C=O) groups is 2. The van der Waals surface area contributed by atoms with Gasteiger partial charge in [0.05, 0.1) is 0 Å². The van der Waals surface area contributed by atoms with Gasteiger partial charge in [-0.25, -0.2) is 4.79 Å². The van der Waals surface area contributed by atoms with E-state index in [0.717, 1.165) is 19.4 Å². The van der Waals surface area contributed by atoms with Crippen molar-refractivity contribution in [1.82, 2.24) is 10.2 Å². The fourth-order valence-electron chi connectivity index (χ4n) is 2.17. The molecular formula is C15H28N2O3. The summed E-state index contributed by atoms with van der Waals surface area (Å²) in [4.78, 5) is 25.3. The van der Waals surface area contributed by atoms with Crippen LogP contribution in [-0.2, 0) is 9.53 Å². The van der Waals surface area contributed by atoms with Crippen molar-refractivity contribution >= 4 is 12.0 Å². The number of hydrogen-bond acceptors (Lipinski definition) is 3. The lowest BCUT2D eigenvalue weighted by atomic mass is 9.98. The van der Waals surface area contributed by atoms with E-state index in [0.29, 0.717) is 19.0 Å². The number of carbonyl (C=O) groups excluding carboxylic acids is 2. The number of rotatable bonds is 3. The van der Waals surface area contributed by atoms with E-state index in [1.54, 1.807) is 4.90 Å². The van der Waals surface area contributed by atoms with E-state index in [4.69, 9.17) is 4.74 Å². The van der Waals surface area contributed by atoms with Gasteiger partial charge in [0.2, 0.25) is 5.91 Å². The van der Waals surface area contributed by atoms with Crippen LogP contribution in [0.25, 0.3) is 0 Å². The van der Waals surface area contributed by atoms with E-state index in [1.165, 1.54) is 0 Å². The van der Waals surface area contributed by atoms with Crippen LogP contribution in [0.1, 0.15) is 47.5 Å². The topological polar surface area (TPSA) is 58.6 Å². The van der Waals surface area contributed by atoms with Gasteiger partial charge in [0.15, 0.2) is 0 Å². The molecule has 20 heavy (non-hydrogen) atoms. The van der Waals surface area contributed by atoms with Gasteiger partial charge in [-0.3, -0.25) is 4.79 Å². The highest BCUT2D eigenvalue weighted by Crippen LogP contribution is 2.18. The molecule has 1 N–H and O–H groups in total. The summed E-state index contributed by atoms with van der Waals surface area (Å²) in [6.45, 7) is 11.4. The molecular weight excluding hydrogens is 256 g/mol. The number of ether oxygens (including phenoxy) is 1. The molecule has 1 aliphatic rings. The maximum absolute atomic E-state index is 12.0. The molecule has 2 amide bonds. The molecule has 1 atom stereocenters. The molecule has 0 aromatic heterocycles. The average Bonchev–Trinajstić information content (AvgIpc) is 2.34.